The van der Waals surface area contributed by atoms with Crippen LogP contribution >= 0.6 is 11.3 Å². The number of carbonyl (C=O) groups excluding carboxylic acids is 1. The third kappa shape index (κ3) is 7.72. The molecule has 3 heterocycles. The molecule has 0 unspecified atom stereocenters. The van der Waals surface area contributed by atoms with E-state index in [0.29, 0.717) is 24.5 Å². The topological polar surface area (TPSA) is 64.0 Å². The van der Waals surface area contributed by atoms with Gasteiger partial charge in [-0.05, 0) is 73.0 Å². The van der Waals surface area contributed by atoms with E-state index in [1.807, 2.05) is 12.1 Å². The van der Waals surface area contributed by atoms with Gasteiger partial charge >= 0.3 is 6.09 Å². The molecule has 0 spiro atoms. The highest BCUT2D eigenvalue weighted by Crippen LogP contribution is 2.31. The molecule has 1 fully saturated rings. The summed E-state index contributed by atoms with van der Waals surface area (Å²) in [5, 5.41) is 4.34. The van der Waals surface area contributed by atoms with Gasteiger partial charge in [0.05, 0.1) is 18.7 Å². The molecule has 8 heteroatoms. The van der Waals surface area contributed by atoms with Crippen LogP contribution in [0.25, 0.3) is 21.0 Å². The summed E-state index contributed by atoms with van der Waals surface area (Å²) in [6.45, 7) is 8.39. The molecule has 2 aromatic heterocycles. The Bertz CT molecular complexity index is 1510. The maximum atomic E-state index is 12.8. The van der Waals surface area contributed by atoms with Gasteiger partial charge in [-0.3, -0.25) is 9.69 Å². The van der Waals surface area contributed by atoms with Crippen LogP contribution in [-0.2, 0) is 4.74 Å². The van der Waals surface area contributed by atoms with Gasteiger partial charge in [-0.15, -0.1) is 11.3 Å². The predicted octanol–water partition coefficient (Wildman–Crippen LogP) is 7.54. The lowest BCUT2D eigenvalue weighted by Gasteiger charge is -2.36. The molecule has 0 aliphatic carbocycles. The third-order valence-corrected chi connectivity index (χ3v) is 8.98. The van der Waals surface area contributed by atoms with E-state index < -0.39 is 6.09 Å². The number of anilines is 1. The van der Waals surface area contributed by atoms with Crippen molar-refractivity contribution in [3.05, 3.63) is 70.3 Å². The molecule has 0 N–H and O–H groups in total. The van der Waals surface area contributed by atoms with Gasteiger partial charge in [0.1, 0.15) is 5.75 Å². The van der Waals surface area contributed by atoms with Crippen molar-refractivity contribution in [3.8, 4) is 5.75 Å². The summed E-state index contributed by atoms with van der Waals surface area (Å²) in [7, 11) is 0. The Balaban J connectivity index is 1.06. The summed E-state index contributed by atoms with van der Waals surface area (Å²) in [4.78, 5) is 30.5. The maximum absolute atomic E-state index is 12.8. The Kier molecular flexibility index (Phi) is 10.9. The number of unbranched alkanes of at least 4 members (excludes halogenated alkanes) is 6. The van der Waals surface area contributed by atoms with E-state index in [1.54, 1.807) is 23.5 Å². The second-order valence-corrected chi connectivity index (χ2v) is 12.1. The highest BCUT2D eigenvalue weighted by molar-refractivity contribution is 7.17. The van der Waals surface area contributed by atoms with Crippen LogP contribution in [0.2, 0.25) is 0 Å². The standard InChI is InChI=1S/C34H43N3O4S/c1-2-3-4-5-6-8-24-41-34(39)37-31-26-28(15-13-27(31)14-16-33(37)38)40-23-9-7-18-35-19-21-36(22-20-35)30-11-10-12-32-29(30)17-25-42-32/h10-17,25-26H,2-9,18-24H2,1H3. The lowest BCUT2D eigenvalue weighted by atomic mass is 10.1. The normalized spacial score (nSPS) is 14.1. The molecule has 1 saturated heterocycles. The van der Waals surface area contributed by atoms with E-state index in [4.69, 9.17) is 9.47 Å². The fourth-order valence-corrected chi connectivity index (χ4v) is 6.50. The second-order valence-electron chi connectivity index (χ2n) is 11.1. The smallest absolute Gasteiger partial charge is 0.421 e. The minimum absolute atomic E-state index is 0.323. The van der Waals surface area contributed by atoms with Crippen molar-refractivity contribution in [2.45, 2.75) is 58.3 Å². The van der Waals surface area contributed by atoms with Crippen molar-refractivity contribution in [2.24, 2.45) is 0 Å². The molecule has 2 aromatic carbocycles. The minimum atomic E-state index is -0.622. The predicted molar refractivity (Wildman–Crippen MR) is 174 cm³/mol. The van der Waals surface area contributed by atoms with Crippen LogP contribution in [0.15, 0.2) is 64.8 Å². The number of benzene rings is 2. The zero-order valence-electron chi connectivity index (χ0n) is 24.8. The first-order valence-corrected chi connectivity index (χ1v) is 16.4. The van der Waals surface area contributed by atoms with E-state index >= 15 is 0 Å². The van der Waals surface area contributed by atoms with Crippen LogP contribution in [-0.4, -0.2) is 61.5 Å². The van der Waals surface area contributed by atoms with Gasteiger partial charge in [0.25, 0.3) is 5.56 Å². The third-order valence-electron chi connectivity index (χ3n) is 8.10. The largest absolute Gasteiger partial charge is 0.494 e. The van der Waals surface area contributed by atoms with Crippen LogP contribution < -0.4 is 15.2 Å². The van der Waals surface area contributed by atoms with Gasteiger partial charge in [0.15, 0.2) is 0 Å². The number of rotatable bonds is 14. The highest BCUT2D eigenvalue weighted by Gasteiger charge is 2.19. The van der Waals surface area contributed by atoms with Crippen LogP contribution in [0.1, 0.15) is 58.3 Å². The van der Waals surface area contributed by atoms with Gasteiger partial charge < -0.3 is 14.4 Å². The molecule has 1 aliphatic rings. The quantitative estimate of drug-likeness (QED) is 0.142. The Morgan fingerprint density at radius 1 is 0.857 bits per heavy atom. The van der Waals surface area contributed by atoms with Crippen LogP contribution in [0.3, 0.4) is 0 Å². The molecule has 0 radical (unpaired) electrons. The number of hydrogen-bond acceptors (Lipinski definition) is 7. The number of thiophene rings is 1. The van der Waals surface area contributed by atoms with Crippen molar-refractivity contribution >= 4 is 44.1 Å². The van der Waals surface area contributed by atoms with Crippen molar-refractivity contribution in [3.63, 3.8) is 0 Å². The monoisotopic (exact) mass is 589 g/mol. The van der Waals surface area contributed by atoms with Gasteiger partial charge in [0, 0.05) is 54.1 Å². The molecular formula is C34H43N3O4S. The first-order valence-electron chi connectivity index (χ1n) is 15.5. The number of piperazine rings is 1. The molecule has 5 rings (SSSR count). The molecule has 7 nitrogen and oxygen atoms in total. The molecule has 1 aliphatic heterocycles. The Labute approximate surface area is 252 Å². The van der Waals surface area contributed by atoms with E-state index in [9.17, 15) is 9.59 Å². The number of carbonyl (C=O) groups is 1. The molecule has 0 saturated carbocycles. The lowest BCUT2D eigenvalue weighted by Crippen LogP contribution is -2.46. The number of pyridine rings is 1. The van der Waals surface area contributed by atoms with Crippen LogP contribution in [0.5, 0.6) is 5.75 Å². The first-order chi connectivity index (χ1) is 20.6. The number of nitrogens with zero attached hydrogens (tertiary/aromatic N) is 3. The summed E-state index contributed by atoms with van der Waals surface area (Å²) in [6.07, 6.45) is 8.01. The molecule has 0 amide bonds. The van der Waals surface area contributed by atoms with Crippen molar-refractivity contribution in [1.29, 1.82) is 0 Å². The van der Waals surface area contributed by atoms with E-state index in [0.717, 1.165) is 74.8 Å². The Morgan fingerprint density at radius 3 is 2.50 bits per heavy atom. The van der Waals surface area contributed by atoms with Gasteiger partial charge in [-0.2, -0.15) is 0 Å². The molecule has 224 valence electrons. The summed E-state index contributed by atoms with van der Waals surface area (Å²) in [5.74, 6) is 0.654. The average Bonchev–Trinajstić information content (AvgIpc) is 3.50. The molecule has 0 atom stereocenters. The molecule has 4 aromatic rings. The van der Waals surface area contributed by atoms with Crippen molar-refractivity contribution in [1.82, 2.24) is 9.47 Å². The van der Waals surface area contributed by atoms with Crippen molar-refractivity contribution in [2.75, 3.05) is 50.8 Å². The summed E-state index contributed by atoms with van der Waals surface area (Å²) in [6, 6.07) is 17.5. The number of fused-ring (bicyclic) bond motifs is 2. The van der Waals surface area contributed by atoms with Gasteiger partial charge in [-0.25, -0.2) is 9.36 Å². The summed E-state index contributed by atoms with van der Waals surface area (Å²) in [5.41, 5.74) is 1.48. The highest BCUT2D eigenvalue weighted by atomic mass is 32.1. The summed E-state index contributed by atoms with van der Waals surface area (Å²) < 4.78 is 14.0. The van der Waals surface area contributed by atoms with Gasteiger partial charge in [-0.1, -0.05) is 45.1 Å². The Hall–Kier alpha value is -3.36. The number of ether oxygens (including phenoxy) is 2. The second kappa shape index (κ2) is 15.2. The number of hydrogen-bond donors (Lipinski definition) is 0. The molecular weight excluding hydrogens is 546 g/mol. The zero-order chi connectivity index (χ0) is 29.1. The van der Waals surface area contributed by atoms with Crippen LogP contribution in [0.4, 0.5) is 10.5 Å². The lowest BCUT2D eigenvalue weighted by molar-refractivity contribution is 0.145. The zero-order valence-corrected chi connectivity index (χ0v) is 25.6. The SMILES string of the molecule is CCCCCCCCOC(=O)n1c(=O)ccc2ccc(OCCCCN3CCN(c4cccc5sccc45)CC3)cc21. The molecule has 0 bridgehead atoms. The van der Waals surface area contributed by atoms with E-state index in [-0.39, 0.29) is 5.56 Å². The minimum Gasteiger partial charge on any atom is -0.494 e. The fourth-order valence-electron chi connectivity index (χ4n) is 5.69. The summed E-state index contributed by atoms with van der Waals surface area (Å²) >= 11 is 1.80. The van der Waals surface area contributed by atoms with Crippen LogP contribution in [0, 0.1) is 0 Å². The van der Waals surface area contributed by atoms with Crippen molar-refractivity contribution < 1.29 is 14.3 Å². The maximum Gasteiger partial charge on any atom is 0.421 e. The first kappa shape index (κ1) is 30.1. The fraction of sp³-hybridized carbons (Fsp3) is 0.471. The average molecular weight is 590 g/mol. The van der Waals surface area contributed by atoms with E-state index in [1.165, 1.54) is 41.1 Å². The van der Waals surface area contributed by atoms with Gasteiger partial charge in [0.2, 0.25) is 0 Å². The number of aromatic nitrogens is 1. The Morgan fingerprint density at radius 2 is 1.64 bits per heavy atom. The molecule has 42 heavy (non-hydrogen) atoms. The van der Waals surface area contributed by atoms with E-state index in [2.05, 4.69) is 46.4 Å².